The first-order chi connectivity index (χ1) is 9.32. The largest absolute Gasteiger partial charge is 0.469 e. The van der Waals surface area contributed by atoms with Gasteiger partial charge in [0.2, 0.25) is 0 Å². The molecule has 0 amide bonds. The fourth-order valence-corrected chi connectivity index (χ4v) is 1.41. The number of methoxy groups -OCH3 is 1. The van der Waals surface area contributed by atoms with Crippen LogP contribution in [0.3, 0.4) is 0 Å². The normalized spacial score (nSPS) is 10.7. The molecule has 0 atom stereocenters. The minimum atomic E-state index is -4.61. The maximum atomic E-state index is 13.1. The van der Waals surface area contributed by atoms with Crippen molar-refractivity contribution < 1.29 is 27.1 Å². The second kappa shape index (κ2) is 6.94. The molecule has 0 spiro atoms. The number of ether oxygens (including phenoxy) is 1. The van der Waals surface area contributed by atoms with E-state index in [1.807, 2.05) is 0 Å². The number of alkyl halides is 3. The van der Waals surface area contributed by atoms with Crippen LogP contribution in [0.4, 0.5) is 17.6 Å². The van der Waals surface area contributed by atoms with Crippen molar-refractivity contribution in [1.82, 2.24) is 0 Å². The van der Waals surface area contributed by atoms with Gasteiger partial charge in [-0.15, -0.1) is 0 Å². The van der Waals surface area contributed by atoms with Crippen molar-refractivity contribution in [2.75, 3.05) is 7.11 Å². The number of hydrogen-bond donors (Lipinski definition) is 0. The van der Waals surface area contributed by atoms with E-state index in [-0.39, 0.29) is 18.0 Å². The van der Waals surface area contributed by atoms with Gasteiger partial charge in [-0.1, -0.05) is 11.8 Å². The molecule has 0 aliphatic carbocycles. The Balaban J connectivity index is 2.69. The standard InChI is InChI=1S/C14H12F4O2/c1-20-13(19)6-4-2-3-5-10-7-11(14(16,17)18)9-12(15)8-10/h7-9H,2,4,6H2,1H3. The topological polar surface area (TPSA) is 26.3 Å². The van der Waals surface area contributed by atoms with Crippen LogP contribution in [0.2, 0.25) is 0 Å². The van der Waals surface area contributed by atoms with Gasteiger partial charge in [-0.05, 0) is 24.6 Å². The molecule has 0 N–H and O–H groups in total. The summed E-state index contributed by atoms with van der Waals surface area (Å²) in [4.78, 5) is 10.8. The smallest absolute Gasteiger partial charge is 0.416 e. The van der Waals surface area contributed by atoms with Gasteiger partial charge in [0.15, 0.2) is 0 Å². The van der Waals surface area contributed by atoms with E-state index in [0.717, 1.165) is 12.1 Å². The molecule has 0 aromatic heterocycles. The highest BCUT2D eigenvalue weighted by Crippen LogP contribution is 2.30. The lowest BCUT2D eigenvalue weighted by atomic mass is 10.1. The SMILES string of the molecule is COC(=O)CCCC#Cc1cc(F)cc(C(F)(F)F)c1. The van der Waals surface area contributed by atoms with Gasteiger partial charge in [0.05, 0.1) is 12.7 Å². The van der Waals surface area contributed by atoms with Gasteiger partial charge in [0.25, 0.3) is 0 Å². The summed E-state index contributed by atoms with van der Waals surface area (Å²) in [7, 11) is 1.26. The van der Waals surface area contributed by atoms with E-state index < -0.39 is 17.6 Å². The zero-order valence-corrected chi connectivity index (χ0v) is 10.7. The van der Waals surface area contributed by atoms with Crippen LogP contribution in [0, 0.1) is 17.7 Å². The molecular formula is C14H12F4O2. The van der Waals surface area contributed by atoms with Crippen LogP contribution in [0.1, 0.15) is 30.4 Å². The minimum absolute atomic E-state index is 0.0459. The van der Waals surface area contributed by atoms with Crippen molar-refractivity contribution in [2.45, 2.75) is 25.4 Å². The van der Waals surface area contributed by atoms with E-state index in [1.165, 1.54) is 7.11 Å². The third-order valence-electron chi connectivity index (χ3n) is 2.37. The minimum Gasteiger partial charge on any atom is -0.469 e. The van der Waals surface area contributed by atoms with Crippen LogP contribution in [-0.4, -0.2) is 13.1 Å². The number of rotatable bonds is 3. The average Bonchev–Trinajstić information content (AvgIpc) is 2.36. The van der Waals surface area contributed by atoms with Crippen molar-refractivity contribution in [3.05, 3.63) is 35.1 Å². The van der Waals surface area contributed by atoms with Crippen molar-refractivity contribution in [2.24, 2.45) is 0 Å². The molecule has 0 bridgehead atoms. The second-order valence-electron chi connectivity index (χ2n) is 3.96. The molecule has 0 saturated heterocycles. The summed E-state index contributed by atoms with van der Waals surface area (Å²) in [5.41, 5.74) is -1.12. The lowest BCUT2D eigenvalue weighted by Gasteiger charge is -2.06. The Hall–Kier alpha value is -2.03. The molecule has 0 heterocycles. The van der Waals surface area contributed by atoms with Gasteiger partial charge >= 0.3 is 12.1 Å². The number of benzene rings is 1. The molecule has 0 fully saturated rings. The highest BCUT2D eigenvalue weighted by molar-refractivity contribution is 5.69. The number of carbonyl (C=O) groups is 1. The van der Waals surface area contributed by atoms with E-state index in [0.29, 0.717) is 18.9 Å². The molecule has 20 heavy (non-hydrogen) atoms. The number of hydrogen-bond acceptors (Lipinski definition) is 2. The molecule has 6 heteroatoms. The second-order valence-corrected chi connectivity index (χ2v) is 3.96. The molecule has 1 aromatic rings. The van der Waals surface area contributed by atoms with Crippen molar-refractivity contribution in [3.8, 4) is 11.8 Å². The zero-order chi connectivity index (χ0) is 15.2. The number of halogens is 4. The summed E-state index contributed by atoms with van der Waals surface area (Å²) in [5, 5.41) is 0. The van der Waals surface area contributed by atoms with E-state index in [2.05, 4.69) is 16.6 Å². The number of unbranched alkanes of at least 4 members (excludes halogenated alkanes) is 1. The molecule has 0 aliphatic heterocycles. The quantitative estimate of drug-likeness (QED) is 0.368. The van der Waals surface area contributed by atoms with Gasteiger partial charge in [0, 0.05) is 18.4 Å². The Labute approximate surface area is 113 Å². The predicted molar refractivity (Wildman–Crippen MR) is 64.1 cm³/mol. The molecule has 1 rings (SSSR count). The van der Waals surface area contributed by atoms with Crippen LogP contribution < -0.4 is 0 Å². The maximum Gasteiger partial charge on any atom is 0.416 e. The maximum absolute atomic E-state index is 13.1. The van der Waals surface area contributed by atoms with Gasteiger partial charge in [-0.3, -0.25) is 4.79 Å². The van der Waals surface area contributed by atoms with Crippen LogP contribution in [-0.2, 0) is 15.7 Å². The Morgan fingerprint density at radius 2 is 2.00 bits per heavy atom. The zero-order valence-electron chi connectivity index (χ0n) is 10.7. The van der Waals surface area contributed by atoms with Crippen molar-refractivity contribution in [1.29, 1.82) is 0 Å². The molecule has 108 valence electrons. The fraction of sp³-hybridized carbons (Fsp3) is 0.357. The summed E-state index contributed by atoms with van der Waals surface area (Å²) < 4.78 is 54.8. The first-order valence-electron chi connectivity index (χ1n) is 5.76. The summed E-state index contributed by atoms with van der Waals surface area (Å²) >= 11 is 0. The monoisotopic (exact) mass is 288 g/mol. The van der Waals surface area contributed by atoms with E-state index in [4.69, 9.17) is 0 Å². The summed E-state index contributed by atoms with van der Waals surface area (Å²) in [6, 6.07) is 2.14. The molecular weight excluding hydrogens is 276 g/mol. The third-order valence-corrected chi connectivity index (χ3v) is 2.37. The van der Waals surface area contributed by atoms with Crippen LogP contribution in [0.15, 0.2) is 18.2 Å². The Morgan fingerprint density at radius 3 is 2.60 bits per heavy atom. The molecule has 2 nitrogen and oxygen atoms in total. The van der Waals surface area contributed by atoms with Gasteiger partial charge in [-0.2, -0.15) is 13.2 Å². The van der Waals surface area contributed by atoms with Gasteiger partial charge < -0.3 is 4.74 Å². The number of carbonyl (C=O) groups excluding carboxylic acids is 1. The lowest BCUT2D eigenvalue weighted by Crippen LogP contribution is -2.05. The molecule has 0 radical (unpaired) electrons. The summed E-state index contributed by atoms with van der Waals surface area (Å²) in [6.07, 6.45) is -3.68. The molecule has 0 aliphatic rings. The number of esters is 1. The van der Waals surface area contributed by atoms with Crippen LogP contribution in [0.5, 0.6) is 0 Å². The summed E-state index contributed by atoms with van der Waals surface area (Å²) in [6.45, 7) is 0. The Kier molecular flexibility index (Phi) is 5.56. The predicted octanol–water partition coefficient (Wildman–Crippen LogP) is 3.54. The van der Waals surface area contributed by atoms with Gasteiger partial charge in [-0.25, -0.2) is 4.39 Å². The lowest BCUT2D eigenvalue weighted by molar-refractivity contribution is -0.140. The van der Waals surface area contributed by atoms with E-state index in [1.54, 1.807) is 0 Å². The summed E-state index contributed by atoms with van der Waals surface area (Å²) in [5.74, 6) is 3.68. The Bertz CT molecular complexity index is 538. The first-order valence-corrected chi connectivity index (χ1v) is 5.76. The average molecular weight is 288 g/mol. The first kappa shape index (κ1) is 16.0. The van der Waals surface area contributed by atoms with E-state index >= 15 is 0 Å². The van der Waals surface area contributed by atoms with Crippen molar-refractivity contribution in [3.63, 3.8) is 0 Å². The molecule has 1 aromatic carbocycles. The highest BCUT2D eigenvalue weighted by atomic mass is 19.4. The third kappa shape index (κ3) is 5.31. The van der Waals surface area contributed by atoms with Crippen molar-refractivity contribution >= 4 is 5.97 Å². The highest BCUT2D eigenvalue weighted by Gasteiger charge is 2.31. The Morgan fingerprint density at radius 1 is 1.30 bits per heavy atom. The van der Waals surface area contributed by atoms with Gasteiger partial charge in [0.1, 0.15) is 5.82 Å². The van der Waals surface area contributed by atoms with E-state index in [9.17, 15) is 22.4 Å². The molecule has 0 saturated carbocycles. The van der Waals surface area contributed by atoms with Crippen LogP contribution in [0.25, 0.3) is 0 Å². The molecule has 0 unspecified atom stereocenters. The van der Waals surface area contributed by atoms with Crippen LogP contribution >= 0.6 is 0 Å². The fourth-order valence-electron chi connectivity index (χ4n) is 1.41.